The molecule has 1 aromatic rings. The van der Waals surface area contributed by atoms with Crippen molar-refractivity contribution in [2.24, 2.45) is 0 Å². The molecule has 0 bridgehead atoms. The third-order valence-electron chi connectivity index (χ3n) is 5.56. The number of carbonyl (C=O) groups is 3. The summed E-state index contributed by atoms with van der Waals surface area (Å²) in [6.07, 6.45) is 5.34. The van der Waals surface area contributed by atoms with Crippen LogP contribution in [0.2, 0.25) is 0 Å². The Hall–Kier alpha value is -2.37. The molecule has 0 unspecified atom stereocenters. The molecule has 2 aliphatic heterocycles. The van der Waals surface area contributed by atoms with Gasteiger partial charge in [-0.15, -0.1) is 0 Å². The molecule has 1 aliphatic carbocycles. The summed E-state index contributed by atoms with van der Waals surface area (Å²) in [5, 5.41) is 3.08. The van der Waals surface area contributed by atoms with Crippen molar-refractivity contribution in [3.05, 3.63) is 23.8 Å². The highest BCUT2D eigenvalue weighted by atomic mass is 16.2. The second-order valence-corrected chi connectivity index (χ2v) is 7.06. The summed E-state index contributed by atoms with van der Waals surface area (Å²) in [6.45, 7) is 2.44. The summed E-state index contributed by atoms with van der Waals surface area (Å²) in [4.78, 5) is 40.8. The summed E-state index contributed by atoms with van der Waals surface area (Å²) >= 11 is 0. The lowest BCUT2D eigenvalue weighted by molar-refractivity contribution is -0.122. The monoisotopic (exact) mass is 341 g/mol. The van der Waals surface area contributed by atoms with Gasteiger partial charge in [0.05, 0.1) is 11.4 Å². The minimum absolute atomic E-state index is 0.0153. The second-order valence-electron chi connectivity index (χ2n) is 7.06. The molecule has 2 fully saturated rings. The minimum Gasteiger partial charge on any atom is -0.349 e. The number of carbonyl (C=O) groups excluding carboxylic acids is 3. The molecule has 0 radical (unpaired) electrons. The van der Waals surface area contributed by atoms with Crippen LogP contribution in [0, 0.1) is 0 Å². The number of anilines is 2. The second kappa shape index (κ2) is 6.17. The predicted octanol–water partition coefficient (Wildman–Crippen LogP) is 2.22. The van der Waals surface area contributed by atoms with Crippen LogP contribution in [0.25, 0.3) is 0 Å². The number of benzene rings is 1. The number of amides is 3. The van der Waals surface area contributed by atoms with Gasteiger partial charge in [-0.05, 0) is 44.4 Å². The van der Waals surface area contributed by atoms with E-state index < -0.39 is 6.04 Å². The Kier molecular flexibility index (Phi) is 3.98. The maximum Gasteiger partial charge on any atom is 0.251 e. The Morgan fingerprint density at radius 3 is 2.64 bits per heavy atom. The lowest BCUT2D eigenvalue weighted by atomic mass is 10.0. The van der Waals surface area contributed by atoms with E-state index in [2.05, 4.69) is 5.32 Å². The molecule has 1 aromatic carbocycles. The van der Waals surface area contributed by atoms with Gasteiger partial charge in [-0.1, -0.05) is 12.8 Å². The van der Waals surface area contributed by atoms with Gasteiger partial charge in [0.15, 0.2) is 0 Å². The summed E-state index contributed by atoms with van der Waals surface area (Å²) in [6, 6.07) is 5.18. The summed E-state index contributed by atoms with van der Waals surface area (Å²) in [5.74, 6) is -0.166. The number of nitrogens with zero attached hydrogens (tertiary/aromatic N) is 2. The average molecular weight is 341 g/mol. The SMILES string of the molecule is CCN1C(=O)[C@H]2CCC(=O)N2c2ccc(C(=O)NC3CCCC3)cc21. The van der Waals surface area contributed by atoms with Crippen LogP contribution in [-0.2, 0) is 9.59 Å². The van der Waals surface area contributed by atoms with Crippen molar-refractivity contribution in [1.82, 2.24) is 5.32 Å². The maximum absolute atomic E-state index is 12.7. The van der Waals surface area contributed by atoms with Crippen molar-refractivity contribution in [2.75, 3.05) is 16.3 Å². The summed E-state index contributed by atoms with van der Waals surface area (Å²) in [7, 11) is 0. The van der Waals surface area contributed by atoms with E-state index in [-0.39, 0.29) is 23.8 Å². The van der Waals surface area contributed by atoms with Gasteiger partial charge in [0, 0.05) is 24.6 Å². The molecule has 1 saturated heterocycles. The van der Waals surface area contributed by atoms with Crippen molar-refractivity contribution in [2.45, 2.75) is 57.5 Å². The quantitative estimate of drug-likeness (QED) is 0.916. The fourth-order valence-electron chi connectivity index (χ4n) is 4.27. The first-order valence-electron chi connectivity index (χ1n) is 9.18. The number of fused-ring (bicyclic) bond motifs is 3. The molecule has 1 saturated carbocycles. The van der Waals surface area contributed by atoms with Crippen LogP contribution in [0.3, 0.4) is 0 Å². The molecule has 2 heterocycles. The molecular weight excluding hydrogens is 318 g/mol. The van der Waals surface area contributed by atoms with Crippen LogP contribution in [0.1, 0.15) is 55.8 Å². The maximum atomic E-state index is 12.7. The van der Waals surface area contributed by atoms with Gasteiger partial charge in [0.2, 0.25) is 11.8 Å². The van der Waals surface area contributed by atoms with E-state index in [9.17, 15) is 14.4 Å². The molecule has 25 heavy (non-hydrogen) atoms. The minimum atomic E-state index is -0.391. The van der Waals surface area contributed by atoms with Crippen molar-refractivity contribution >= 4 is 29.1 Å². The first-order valence-corrected chi connectivity index (χ1v) is 9.18. The highest BCUT2D eigenvalue weighted by molar-refractivity contribution is 6.15. The molecule has 4 rings (SSSR count). The zero-order valence-electron chi connectivity index (χ0n) is 14.5. The lowest BCUT2D eigenvalue weighted by Crippen LogP contribution is -2.51. The number of nitrogens with one attached hydrogen (secondary N) is 1. The van der Waals surface area contributed by atoms with Crippen molar-refractivity contribution in [3.8, 4) is 0 Å². The third-order valence-corrected chi connectivity index (χ3v) is 5.56. The molecule has 132 valence electrons. The number of likely N-dealkylation sites (N-methyl/N-ethyl adjacent to an activating group) is 1. The number of rotatable bonds is 3. The molecule has 6 nitrogen and oxygen atoms in total. The van der Waals surface area contributed by atoms with Gasteiger partial charge < -0.3 is 10.2 Å². The number of hydrogen-bond acceptors (Lipinski definition) is 3. The Morgan fingerprint density at radius 2 is 1.92 bits per heavy atom. The van der Waals surface area contributed by atoms with E-state index in [0.717, 1.165) is 31.4 Å². The van der Waals surface area contributed by atoms with Crippen LogP contribution in [0.4, 0.5) is 11.4 Å². The van der Waals surface area contributed by atoms with Crippen LogP contribution < -0.4 is 15.1 Å². The van der Waals surface area contributed by atoms with E-state index in [0.29, 0.717) is 30.6 Å². The Balaban J connectivity index is 1.68. The molecule has 1 atom stereocenters. The first-order chi connectivity index (χ1) is 12.1. The summed E-state index contributed by atoms with van der Waals surface area (Å²) < 4.78 is 0. The van der Waals surface area contributed by atoms with Gasteiger partial charge >= 0.3 is 0 Å². The fraction of sp³-hybridized carbons (Fsp3) is 0.526. The molecule has 1 N–H and O–H groups in total. The van der Waals surface area contributed by atoms with E-state index in [4.69, 9.17) is 0 Å². The van der Waals surface area contributed by atoms with Gasteiger partial charge in [0.25, 0.3) is 5.91 Å². The largest absolute Gasteiger partial charge is 0.349 e. The average Bonchev–Trinajstić information content (AvgIpc) is 3.25. The highest BCUT2D eigenvalue weighted by Gasteiger charge is 2.44. The van der Waals surface area contributed by atoms with Crippen LogP contribution in [-0.4, -0.2) is 36.3 Å². The molecule has 0 aromatic heterocycles. The summed E-state index contributed by atoms with van der Waals surface area (Å²) in [5.41, 5.74) is 1.95. The molecule has 0 spiro atoms. The van der Waals surface area contributed by atoms with Gasteiger partial charge in [0.1, 0.15) is 6.04 Å². The number of hydrogen-bond donors (Lipinski definition) is 1. The predicted molar refractivity (Wildman–Crippen MR) is 94.7 cm³/mol. The van der Waals surface area contributed by atoms with Crippen LogP contribution in [0.5, 0.6) is 0 Å². The standard InChI is InChI=1S/C19H23N3O3/c1-2-21-16-11-12(18(24)20-13-5-3-4-6-13)7-8-14(16)22-15(19(21)25)9-10-17(22)23/h7-8,11,13,15H,2-6,9-10H2,1H3,(H,20,24)/t15-/m1/s1. The van der Waals surface area contributed by atoms with Gasteiger partial charge in [-0.25, -0.2) is 0 Å². The molecule has 3 amide bonds. The third kappa shape index (κ3) is 2.60. The smallest absolute Gasteiger partial charge is 0.251 e. The van der Waals surface area contributed by atoms with Gasteiger partial charge in [-0.2, -0.15) is 0 Å². The normalized spacial score (nSPS) is 23.0. The highest BCUT2D eigenvalue weighted by Crippen LogP contribution is 2.41. The zero-order valence-corrected chi connectivity index (χ0v) is 14.5. The van der Waals surface area contributed by atoms with Crippen LogP contribution in [0.15, 0.2) is 18.2 Å². The fourth-order valence-corrected chi connectivity index (χ4v) is 4.27. The molecule has 3 aliphatic rings. The van der Waals surface area contributed by atoms with Crippen molar-refractivity contribution in [1.29, 1.82) is 0 Å². The van der Waals surface area contributed by atoms with E-state index in [1.54, 1.807) is 21.9 Å². The van der Waals surface area contributed by atoms with Crippen molar-refractivity contribution in [3.63, 3.8) is 0 Å². The van der Waals surface area contributed by atoms with E-state index >= 15 is 0 Å². The Morgan fingerprint density at radius 1 is 1.16 bits per heavy atom. The first kappa shape index (κ1) is 16.1. The Labute approximate surface area is 147 Å². The van der Waals surface area contributed by atoms with E-state index in [1.165, 1.54) is 0 Å². The van der Waals surface area contributed by atoms with Crippen molar-refractivity contribution < 1.29 is 14.4 Å². The van der Waals surface area contributed by atoms with Gasteiger partial charge in [-0.3, -0.25) is 19.3 Å². The van der Waals surface area contributed by atoms with Crippen LogP contribution >= 0.6 is 0 Å². The lowest BCUT2D eigenvalue weighted by Gasteiger charge is -2.38. The topological polar surface area (TPSA) is 69.7 Å². The zero-order chi connectivity index (χ0) is 17.6. The molecule has 6 heteroatoms. The Bertz CT molecular complexity index is 739. The van der Waals surface area contributed by atoms with E-state index in [1.807, 2.05) is 13.0 Å². The molecular formula is C19H23N3O3.